The van der Waals surface area contributed by atoms with Gasteiger partial charge in [0.1, 0.15) is 5.82 Å². The van der Waals surface area contributed by atoms with Gasteiger partial charge in [-0.25, -0.2) is 4.39 Å². The second kappa shape index (κ2) is 8.62. The number of halogens is 1. The molecule has 1 aliphatic heterocycles. The number of benzene rings is 1. The average Bonchev–Trinajstić information content (AvgIpc) is 2.58. The smallest absolute Gasteiger partial charge is 0.251 e. The Kier molecular flexibility index (Phi) is 6.52. The lowest BCUT2D eigenvalue weighted by atomic mass is 10.1. The lowest BCUT2D eigenvalue weighted by Crippen LogP contribution is -2.42. The van der Waals surface area contributed by atoms with E-state index in [4.69, 9.17) is 0 Å². The second-order valence-electron chi connectivity index (χ2n) is 5.91. The Morgan fingerprint density at radius 3 is 2.48 bits per heavy atom. The van der Waals surface area contributed by atoms with Crippen molar-refractivity contribution in [2.45, 2.75) is 19.3 Å². The number of hydrogen-bond donors (Lipinski definition) is 1. The first-order valence-corrected chi connectivity index (χ1v) is 8.06. The Morgan fingerprint density at radius 1 is 1.17 bits per heavy atom. The van der Waals surface area contributed by atoms with E-state index in [-0.39, 0.29) is 18.4 Å². The molecule has 6 heteroatoms. The molecule has 23 heavy (non-hydrogen) atoms. The van der Waals surface area contributed by atoms with Crippen LogP contribution >= 0.6 is 0 Å². The Bertz CT molecular complexity index is 527. The molecular formula is C17H24FN3O2. The minimum atomic E-state index is -0.393. The molecule has 0 aromatic heterocycles. The molecule has 2 amide bonds. The number of carbonyl (C=O) groups is 2. The summed E-state index contributed by atoms with van der Waals surface area (Å²) in [6.45, 7) is 3.68. The molecule has 5 nitrogen and oxygen atoms in total. The third kappa shape index (κ3) is 5.63. The van der Waals surface area contributed by atoms with E-state index in [1.54, 1.807) is 11.9 Å². The van der Waals surface area contributed by atoms with Crippen molar-refractivity contribution in [3.63, 3.8) is 0 Å². The molecule has 1 aliphatic rings. The summed E-state index contributed by atoms with van der Waals surface area (Å²) in [5, 5.41) is 2.57. The van der Waals surface area contributed by atoms with E-state index in [2.05, 4.69) is 10.2 Å². The van der Waals surface area contributed by atoms with Gasteiger partial charge in [0.2, 0.25) is 5.91 Å². The van der Waals surface area contributed by atoms with E-state index in [1.807, 2.05) is 0 Å². The molecule has 0 unspecified atom stereocenters. The number of piperidine rings is 1. The van der Waals surface area contributed by atoms with Gasteiger partial charge in [0.05, 0.1) is 6.54 Å². The number of amides is 2. The average molecular weight is 321 g/mol. The van der Waals surface area contributed by atoms with Gasteiger partial charge in [0.15, 0.2) is 0 Å². The fraction of sp³-hybridized carbons (Fsp3) is 0.529. The van der Waals surface area contributed by atoms with Crippen molar-refractivity contribution in [2.24, 2.45) is 0 Å². The lowest BCUT2D eigenvalue weighted by molar-refractivity contribution is -0.129. The fourth-order valence-electron chi connectivity index (χ4n) is 2.59. The van der Waals surface area contributed by atoms with Gasteiger partial charge in [-0.1, -0.05) is 6.42 Å². The molecule has 0 radical (unpaired) electrons. The second-order valence-corrected chi connectivity index (χ2v) is 5.91. The molecule has 0 atom stereocenters. The highest BCUT2D eigenvalue weighted by Gasteiger charge is 2.14. The standard InChI is InChI=1S/C17H24FN3O2/c1-20(11-12-21-9-3-2-4-10-21)16(22)13-19-17(23)14-5-7-15(18)8-6-14/h5-8H,2-4,9-13H2,1H3,(H,19,23). The normalized spacial score (nSPS) is 15.2. The Morgan fingerprint density at radius 2 is 1.83 bits per heavy atom. The van der Waals surface area contributed by atoms with Crippen LogP contribution in [0.15, 0.2) is 24.3 Å². The summed E-state index contributed by atoms with van der Waals surface area (Å²) < 4.78 is 12.8. The predicted octanol–water partition coefficient (Wildman–Crippen LogP) is 1.50. The molecule has 0 saturated carbocycles. The van der Waals surface area contributed by atoms with E-state index < -0.39 is 5.82 Å². The summed E-state index contributed by atoms with van der Waals surface area (Å²) in [5.41, 5.74) is 0.343. The molecule has 0 bridgehead atoms. The summed E-state index contributed by atoms with van der Waals surface area (Å²) in [4.78, 5) is 27.9. The first-order valence-electron chi connectivity index (χ1n) is 8.06. The molecule has 126 valence electrons. The maximum atomic E-state index is 12.8. The van der Waals surface area contributed by atoms with Crippen LogP contribution in [-0.2, 0) is 4.79 Å². The number of nitrogens with one attached hydrogen (secondary N) is 1. The number of carbonyl (C=O) groups excluding carboxylic acids is 2. The first kappa shape index (κ1) is 17.4. The van der Waals surface area contributed by atoms with Gasteiger partial charge in [0.25, 0.3) is 5.91 Å². The van der Waals surface area contributed by atoms with Crippen molar-refractivity contribution < 1.29 is 14.0 Å². The van der Waals surface area contributed by atoms with Crippen LogP contribution in [-0.4, -0.2) is 61.4 Å². The molecule has 1 heterocycles. The number of nitrogens with zero attached hydrogens (tertiary/aromatic N) is 2. The van der Waals surface area contributed by atoms with Crippen LogP contribution in [0, 0.1) is 5.82 Å². The zero-order valence-electron chi connectivity index (χ0n) is 13.6. The van der Waals surface area contributed by atoms with E-state index in [0.29, 0.717) is 12.1 Å². The molecule has 0 spiro atoms. The van der Waals surface area contributed by atoms with Crippen LogP contribution in [0.25, 0.3) is 0 Å². The summed E-state index contributed by atoms with van der Waals surface area (Å²) in [5.74, 6) is -0.893. The molecule has 1 aromatic carbocycles. The van der Waals surface area contributed by atoms with Gasteiger partial charge >= 0.3 is 0 Å². The number of likely N-dealkylation sites (N-methyl/N-ethyl adjacent to an activating group) is 1. The van der Waals surface area contributed by atoms with Gasteiger partial charge < -0.3 is 15.1 Å². The number of likely N-dealkylation sites (tertiary alicyclic amines) is 1. The molecular weight excluding hydrogens is 297 g/mol. The minimum absolute atomic E-state index is 0.0489. The zero-order valence-corrected chi connectivity index (χ0v) is 13.6. The molecule has 1 N–H and O–H groups in total. The minimum Gasteiger partial charge on any atom is -0.343 e. The summed E-state index contributed by atoms with van der Waals surface area (Å²) in [6, 6.07) is 5.24. The topological polar surface area (TPSA) is 52.6 Å². The van der Waals surface area contributed by atoms with Crippen molar-refractivity contribution in [3.05, 3.63) is 35.6 Å². The van der Waals surface area contributed by atoms with Crippen molar-refractivity contribution >= 4 is 11.8 Å². The highest BCUT2D eigenvalue weighted by molar-refractivity contribution is 5.96. The number of rotatable bonds is 6. The molecule has 1 fully saturated rings. The largest absolute Gasteiger partial charge is 0.343 e. The SMILES string of the molecule is CN(CCN1CCCCC1)C(=O)CNC(=O)c1ccc(F)cc1. The molecule has 2 rings (SSSR count). The molecule has 0 aliphatic carbocycles. The van der Waals surface area contributed by atoms with Crippen LogP contribution in [0.3, 0.4) is 0 Å². The monoisotopic (exact) mass is 321 g/mol. The van der Waals surface area contributed by atoms with Gasteiger partial charge in [-0.15, -0.1) is 0 Å². The Hall–Kier alpha value is -1.95. The third-order valence-corrected chi connectivity index (χ3v) is 4.13. The summed E-state index contributed by atoms with van der Waals surface area (Å²) in [7, 11) is 1.75. The lowest BCUT2D eigenvalue weighted by Gasteiger charge is -2.28. The van der Waals surface area contributed by atoms with Crippen LogP contribution < -0.4 is 5.32 Å². The maximum Gasteiger partial charge on any atom is 0.251 e. The van der Waals surface area contributed by atoms with Gasteiger partial charge in [-0.05, 0) is 50.2 Å². The zero-order chi connectivity index (χ0) is 16.7. The highest BCUT2D eigenvalue weighted by Crippen LogP contribution is 2.08. The van der Waals surface area contributed by atoms with Crippen molar-refractivity contribution in [1.29, 1.82) is 0 Å². The van der Waals surface area contributed by atoms with E-state index in [0.717, 1.165) is 19.6 Å². The number of hydrogen-bond acceptors (Lipinski definition) is 3. The predicted molar refractivity (Wildman–Crippen MR) is 86.7 cm³/mol. The van der Waals surface area contributed by atoms with E-state index in [1.165, 1.54) is 43.5 Å². The molecule has 1 aromatic rings. The van der Waals surface area contributed by atoms with Crippen LogP contribution in [0.1, 0.15) is 29.6 Å². The quantitative estimate of drug-likeness (QED) is 0.864. The highest BCUT2D eigenvalue weighted by atomic mass is 19.1. The third-order valence-electron chi connectivity index (χ3n) is 4.13. The fourth-order valence-corrected chi connectivity index (χ4v) is 2.59. The Labute approximate surface area is 136 Å². The summed E-state index contributed by atoms with van der Waals surface area (Å²) >= 11 is 0. The van der Waals surface area contributed by atoms with Crippen LogP contribution in [0.4, 0.5) is 4.39 Å². The van der Waals surface area contributed by atoms with Crippen LogP contribution in [0.2, 0.25) is 0 Å². The van der Waals surface area contributed by atoms with Gasteiger partial charge in [-0.2, -0.15) is 0 Å². The summed E-state index contributed by atoms with van der Waals surface area (Å²) in [6.07, 6.45) is 3.75. The van der Waals surface area contributed by atoms with E-state index >= 15 is 0 Å². The van der Waals surface area contributed by atoms with Gasteiger partial charge in [0, 0.05) is 25.7 Å². The van der Waals surface area contributed by atoms with Crippen molar-refractivity contribution in [3.8, 4) is 0 Å². The van der Waals surface area contributed by atoms with E-state index in [9.17, 15) is 14.0 Å². The van der Waals surface area contributed by atoms with Crippen LogP contribution in [0.5, 0.6) is 0 Å². The van der Waals surface area contributed by atoms with Crippen molar-refractivity contribution in [1.82, 2.24) is 15.1 Å². The van der Waals surface area contributed by atoms with Crippen molar-refractivity contribution in [2.75, 3.05) is 39.8 Å². The maximum absolute atomic E-state index is 12.8. The first-order chi connectivity index (χ1) is 11.1. The Balaban J connectivity index is 1.70. The van der Waals surface area contributed by atoms with Gasteiger partial charge in [-0.3, -0.25) is 9.59 Å². The molecule has 1 saturated heterocycles.